The van der Waals surface area contributed by atoms with E-state index in [1.807, 2.05) is 43.3 Å². The Balaban J connectivity index is 2.04. The Morgan fingerprint density at radius 1 is 0.917 bits per heavy atom. The van der Waals surface area contributed by atoms with Gasteiger partial charge in [0.25, 0.3) is 0 Å². The van der Waals surface area contributed by atoms with Gasteiger partial charge in [0.1, 0.15) is 0 Å². The fraction of sp³-hybridized carbons (Fsp3) is 0.278. The first kappa shape index (κ1) is 18.0. The number of carbonyl (C=O) groups excluding carboxylic acids is 1. The molecule has 0 aliphatic rings. The van der Waals surface area contributed by atoms with Crippen LogP contribution in [0.25, 0.3) is 0 Å². The maximum absolute atomic E-state index is 12.4. The summed E-state index contributed by atoms with van der Waals surface area (Å²) in [5.41, 5.74) is 1.36. The van der Waals surface area contributed by atoms with Gasteiger partial charge in [-0.25, -0.2) is 8.42 Å². The molecule has 5 nitrogen and oxygen atoms in total. The molecular formula is C18H22N2O3S. The van der Waals surface area contributed by atoms with Crippen LogP contribution in [0.5, 0.6) is 0 Å². The summed E-state index contributed by atoms with van der Waals surface area (Å²) >= 11 is 0. The van der Waals surface area contributed by atoms with Crippen LogP contribution in [0.1, 0.15) is 13.3 Å². The Labute approximate surface area is 143 Å². The third-order valence-electron chi connectivity index (χ3n) is 3.80. The van der Waals surface area contributed by atoms with Crippen LogP contribution in [0.15, 0.2) is 60.7 Å². The largest absolute Gasteiger partial charge is 0.313 e. The fourth-order valence-electron chi connectivity index (χ4n) is 2.40. The molecule has 0 aliphatic carbocycles. The summed E-state index contributed by atoms with van der Waals surface area (Å²) in [4.78, 5) is 14.0. The van der Waals surface area contributed by atoms with Crippen molar-refractivity contribution in [2.45, 2.75) is 13.3 Å². The Morgan fingerprint density at radius 3 is 1.92 bits per heavy atom. The fourth-order valence-corrected chi connectivity index (χ4v) is 3.55. The normalized spacial score (nSPS) is 11.1. The lowest BCUT2D eigenvalue weighted by atomic mass is 10.2. The molecule has 0 aromatic heterocycles. The highest BCUT2D eigenvalue weighted by molar-refractivity contribution is 7.92. The van der Waals surface area contributed by atoms with Gasteiger partial charge in [-0.1, -0.05) is 36.4 Å². The molecule has 0 aliphatic heterocycles. The molecule has 0 saturated heterocycles. The Hall–Kier alpha value is -2.34. The molecule has 1 amide bonds. The number of hydrogen-bond acceptors (Lipinski definition) is 3. The van der Waals surface area contributed by atoms with E-state index in [2.05, 4.69) is 0 Å². The van der Waals surface area contributed by atoms with Gasteiger partial charge in [-0.2, -0.15) is 0 Å². The molecule has 0 spiro atoms. The quantitative estimate of drug-likeness (QED) is 0.774. The zero-order chi connectivity index (χ0) is 17.6. The minimum atomic E-state index is -3.55. The van der Waals surface area contributed by atoms with E-state index in [9.17, 15) is 13.2 Å². The number of hydrogen-bond donors (Lipinski definition) is 0. The number of benzene rings is 2. The minimum Gasteiger partial charge on any atom is -0.313 e. The van der Waals surface area contributed by atoms with Gasteiger partial charge >= 0.3 is 0 Å². The van der Waals surface area contributed by atoms with Gasteiger partial charge in [-0.15, -0.1) is 0 Å². The van der Waals surface area contributed by atoms with E-state index < -0.39 is 10.0 Å². The monoisotopic (exact) mass is 346 g/mol. The summed E-state index contributed by atoms with van der Waals surface area (Å²) in [5.74, 6) is -0.422. The van der Waals surface area contributed by atoms with Crippen LogP contribution in [0.2, 0.25) is 0 Å². The average molecular weight is 346 g/mol. The highest BCUT2D eigenvalue weighted by atomic mass is 32.2. The summed E-state index contributed by atoms with van der Waals surface area (Å²) < 4.78 is 26.1. The zero-order valence-electron chi connectivity index (χ0n) is 13.9. The van der Waals surface area contributed by atoms with Gasteiger partial charge in [-0.3, -0.25) is 9.10 Å². The number of amides is 1. The summed E-state index contributed by atoms with van der Waals surface area (Å²) in [6.07, 6.45) is -0.0533. The molecule has 0 saturated carbocycles. The van der Waals surface area contributed by atoms with Gasteiger partial charge < -0.3 is 4.90 Å². The Morgan fingerprint density at radius 2 is 1.42 bits per heavy atom. The third-order valence-corrected chi connectivity index (χ3v) is 5.56. The lowest BCUT2D eigenvalue weighted by Gasteiger charge is -2.23. The van der Waals surface area contributed by atoms with E-state index >= 15 is 0 Å². The van der Waals surface area contributed by atoms with Crippen LogP contribution in [0.4, 0.5) is 11.4 Å². The summed E-state index contributed by atoms with van der Waals surface area (Å²) in [6.45, 7) is 2.37. The number of sulfonamides is 1. The minimum absolute atomic E-state index is 0.0533. The number of anilines is 2. The van der Waals surface area contributed by atoms with Crippen LogP contribution in [-0.4, -0.2) is 33.7 Å². The van der Waals surface area contributed by atoms with Crippen LogP contribution in [0.3, 0.4) is 0 Å². The predicted molar refractivity (Wildman–Crippen MR) is 97.7 cm³/mol. The van der Waals surface area contributed by atoms with Crippen molar-refractivity contribution in [1.82, 2.24) is 0 Å². The van der Waals surface area contributed by atoms with E-state index in [4.69, 9.17) is 0 Å². The first-order valence-corrected chi connectivity index (χ1v) is 9.43. The maximum Gasteiger partial charge on any atom is 0.235 e. The molecule has 128 valence electrons. The van der Waals surface area contributed by atoms with Gasteiger partial charge in [0, 0.05) is 25.7 Å². The highest BCUT2D eigenvalue weighted by Crippen LogP contribution is 2.18. The van der Waals surface area contributed by atoms with Crippen molar-refractivity contribution < 1.29 is 13.2 Å². The first-order valence-electron chi connectivity index (χ1n) is 7.82. The van der Waals surface area contributed by atoms with Gasteiger partial charge in [0.05, 0.1) is 11.4 Å². The third kappa shape index (κ3) is 4.35. The standard InChI is InChI=1S/C18H22N2O3S/c1-3-20(17-12-8-5-9-13-17)18(21)14-15-24(22,23)19(2)16-10-6-4-7-11-16/h4-13H,3,14-15H2,1-2H3. The van der Waals surface area contributed by atoms with Crippen LogP contribution >= 0.6 is 0 Å². The molecule has 2 rings (SSSR count). The molecule has 6 heteroatoms. The molecule has 0 unspecified atom stereocenters. The van der Waals surface area contributed by atoms with Gasteiger partial charge in [0.2, 0.25) is 15.9 Å². The van der Waals surface area contributed by atoms with Crippen molar-refractivity contribution >= 4 is 27.3 Å². The van der Waals surface area contributed by atoms with Crippen molar-refractivity contribution in [3.63, 3.8) is 0 Å². The number of rotatable bonds is 7. The van der Waals surface area contributed by atoms with E-state index in [1.54, 1.807) is 29.2 Å². The van der Waals surface area contributed by atoms with E-state index in [-0.39, 0.29) is 18.1 Å². The van der Waals surface area contributed by atoms with Crippen molar-refractivity contribution in [2.75, 3.05) is 28.6 Å². The molecule has 0 bridgehead atoms. The van der Waals surface area contributed by atoms with E-state index in [0.717, 1.165) is 5.69 Å². The summed E-state index contributed by atoms with van der Waals surface area (Å²) in [5, 5.41) is 0. The van der Waals surface area contributed by atoms with Crippen LogP contribution in [-0.2, 0) is 14.8 Å². The zero-order valence-corrected chi connectivity index (χ0v) is 14.7. The SMILES string of the molecule is CCN(C(=O)CCS(=O)(=O)N(C)c1ccccc1)c1ccccc1. The lowest BCUT2D eigenvalue weighted by Crippen LogP contribution is -2.35. The number of para-hydroxylation sites is 2. The van der Waals surface area contributed by atoms with Crippen molar-refractivity contribution in [1.29, 1.82) is 0 Å². The number of carbonyl (C=O) groups is 1. The molecule has 0 radical (unpaired) electrons. The second-order valence-corrected chi connectivity index (χ2v) is 7.46. The molecule has 0 heterocycles. The molecule has 24 heavy (non-hydrogen) atoms. The topological polar surface area (TPSA) is 57.7 Å². The van der Waals surface area contributed by atoms with Gasteiger partial charge in [0.15, 0.2) is 0 Å². The highest BCUT2D eigenvalue weighted by Gasteiger charge is 2.22. The smallest absolute Gasteiger partial charge is 0.235 e. The average Bonchev–Trinajstić information content (AvgIpc) is 2.61. The second kappa shape index (κ2) is 7.97. The summed E-state index contributed by atoms with van der Waals surface area (Å²) in [6, 6.07) is 18.1. The van der Waals surface area contributed by atoms with Crippen molar-refractivity contribution in [3.8, 4) is 0 Å². The van der Waals surface area contributed by atoms with Crippen molar-refractivity contribution in [2.24, 2.45) is 0 Å². The molecule has 0 N–H and O–H groups in total. The molecule has 2 aromatic rings. The Bertz CT molecular complexity index is 761. The number of nitrogens with zero attached hydrogens (tertiary/aromatic N) is 2. The lowest BCUT2D eigenvalue weighted by molar-refractivity contribution is -0.118. The summed E-state index contributed by atoms with van der Waals surface area (Å²) in [7, 11) is -2.04. The maximum atomic E-state index is 12.4. The molecular weight excluding hydrogens is 324 g/mol. The Kier molecular flexibility index (Phi) is 5.98. The van der Waals surface area contributed by atoms with Crippen LogP contribution in [0, 0.1) is 0 Å². The van der Waals surface area contributed by atoms with E-state index in [0.29, 0.717) is 12.2 Å². The first-order chi connectivity index (χ1) is 11.5. The van der Waals surface area contributed by atoms with Crippen LogP contribution < -0.4 is 9.21 Å². The van der Waals surface area contributed by atoms with E-state index in [1.165, 1.54) is 11.4 Å². The second-order valence-electron chi connectivity index (χ2n) is 5.34. The predicted octanol–water partition coefficient (Wildman–Crippen LogP) is 2.90. The molecule has 2 aromatic carbocycles. The van der Waals surface area contributed by atoms with Gasteiger partial charge in [-0.05, 0) is 31.2 Å². The molecule has 0 atom stereocenters. The van der Waals surface area contributed by atoms with Crippen molar-refractivity contribution in [3.05, 3.63) is 60.7 Å². The molecule has 0 fully saturated rings.